The zero-order valence-electron chi connectivity index (χ0n) is 13.0. The molecule has 2 aromatic carbocycles. The molecule has 124 valence electrons. The summed E-state index contributed by atoms with van der Waals surface area (Å²) >= 11 is 11.9. The Kier molecular flexibility index (Phi) is 6.09. The number of hydrogen-bond acceptors (Lipinski definition) is 3. The molecule has 1 unspecified atom stereocenters. The Balaban J connectivity index is 2.08. The molecule has 3 nitrogen and oxygen atoms in total. The second kappa shape index (κ2) is 7.67. The van der Waals surface area contributed by atoms with Crippen LogP contribution in [-0.2, 0) is 9.84 Å². The molecule has 0 aliphatic rings. The van der Waals surface area contributed by atoms with Crippen LogP contribution >= 0.6 is 23.2 Å². The lowest BCUT2D eigenvalue weighted by atomic mass is 10.1. The van der Waals surface area contributed by atoms with E-state index in [1.807, 2.05) is 49.2 Å². The van der Waals surface area contributed by atoms with Crippen LogP contribution in [0.2, 0.25) is 10.0 Å². The van der Waals surface area contributed by atoms with Gasteiger partial charge in [-0.3, -0.25) is 4.90 Å². The van der Waals surface area contributed by atoms with Crippen LogP contribution < -0.4 is 0 Å². The number of rotatable bonds is 6. The zero-order chi connectivity index (χ0) is 17.0. The van der Waals surface area contributed by atoms with E-state index in [1.54, 1.807) is 6.07 Å². The second-order valence-corrected chi connectivity index (χ2v) is 8.38. The fourth-order valence-corrected chi connectivity index (χ4v) is 4.40. The summed E-state index contributed by atoms with van der Waals surface area (Å²) in [5.74, 6) is -0.0132. The molecule has 0 heterocycles. The van der Waals surface area contributed by atoms with E-state index < -0.39 is 9.84 Å². The molecule has 0 fully saturated rings. The molecule has 2 aromatic rings. The summed E-state index contributed by atoms with van der Waals surface area (Å²) in [5, 5.41) is 0.562. The topological polar surface area (TPSA) is 37.4 Å². The molecule has 0 radical (unpaired) electrons. The fraction of sp³-hybridized carbons (Fsp3) is 0.294. The molecule has 0 aromatic heterocycles. The predicted molar refractivity (Wildman–Crippen MR) is 96.0 cm³/mol. The molecule has 0 N–H and O–H groups in total. The van der Waals surface area contributed by atoms with Crippen molar-refractivity contribution in [3.63, 3.8) is 0 Å². The van der Waals surface area contributed by atoms with E-state index in [0.717, 1.165) is 5.56 Å². The van der Waals surface area contributed by atoms with E-state index in [-0.39, 0.29) is 21.7 Å². The normalized spacial score (nSPS) is 13.3. The Hall–Kier alpha value is -1.07. The van der Waals surface area contributed by atoms with Crippen LogP contribution in [0.5, 0.6) is 0 Å². The SMILES string of the molecule is CC(c1ccccc1)N(C)CCS(=O)(=O)c1cc(Cl)ccc1Cl. The summed E-state index contributed by atoms with van der Waals surface area (Å²) < 4.78 is 25.0. The third kappa shape index (κ3) is 4.70. The predicted octanol–water partition coefficient (Wildman–Crippen LogP) is 4.46. The Morgan fingerprint density at radius 3 is 2.39 bits per heavy atom. The van der Waals surface area contributed by atoms with Crippen molar-refractivity contribution < 1.29 is 8.42 Å². The number of nitrogens with zero attached hydrogens (tertiary/aromatic N) is 1. The highest BCUT2D eigenvalue weighted by Crippen LogP contribution is 2.26. The molecule has 0 bridgehead atoms. The van der Waals surface area contributed by atoms with E-state index in [9.17, 15) is 8.42 Å². The lowest BCUT2D eigenvalue weighted by Gasteiger charge is -2.25. The first-order valence-electron chi connectivity index (χ1n) is 7.24. The van der Waals surface area contributed by atoms with Crippen LogP contribution in [0.25, 0.3) is 0 Å². The smallest absolute Gasteiger partial charge is 0.181 e. The van der Waals surface area contributed by atoms with Crippen LogP contribution in [0.4, 0.5) is 0 Å². The monoisotopic (exact) mass is 371 g/mol. The summed E-state index contributed by atoms with van der Waals surface area (Å²) in [7, 11) is -1.57. The molecule has 0 spiro atoms. The van der Waals surface area contributed by atoms with E-state index in [0.29, 0.717) is 11.6 Å². The molecule has 0 saturated heterocycles. The lowest BCUT2D eigenvalue weighted by molar-refractivity contribution is 0.276. The highest BCUT2D eigenvalue weighted by molar-refractivity contribution is 7.91. The van der Waals surface area contributed by atoms with Gasteiger partial charge >= 0.3 is 0 Å². The summed E-state index contributed by atoms with van der Waals surface area (Å²) in [5.41, 5.74) is 1.15. The van der Waals surface area contributed by atoms with Gasteiger partial charge in [-0.2, -0.15) is 0 Å². The van der Waals surface area contributed by atoms with E-state index in [2.05, 4.69) is 0 Å². The molecular weight excluding hydrogens is 353 g/mol. The van der Waals surface area contributed by atoms with Crippen LogP contribution in [0.3, 0.4) is 0 Å². The van der Waals surface area contributed by atoms with Crippen molar-refractivity contribution in [2.75, 3.05) is 19.3 Å². The average molecular weight is 372 g/mol. The van der Waals surface area contributed by atoms with Gasteiger partial charge in [0.05, 0.1) is 15.7 Å². The minimum absolute atomic E-state index is 0.0132. The van der Waals surface area contributed by atoms with Gasteiger partial charge in [0, 0.05) is 17.6 Å². The number of halogens is 2. The molecular formula is C17H19Cl2NO2S. The minimum Gasteiger partial charge on any atom is -0.299 e. The highest BCUT2D eigenvalue weighted by Gasteiger charge is 2.21. The first kappa shape index (κ1) is 18.3. The van der Waals surface area contributed by atoms with Crippen molar-refractivity contribution in [2.45, 2.75) is 17.9 Å². The van der Waals surface area contributed by atoms with Gasteiger partial charge in [-0.05, 0) is 37.7 Å². The molecule has 0 aliphatic carbocycles. The van der Waals surface area contributed by atoms with Gasteiger partial charge in [-0.15, -0.1) is 0 Å². The van der Waals surface area contributed by atoms with Crippen LogP contribution in [0.1, 0.15) is 18.5 Å². The van der Waals surface area contributed by atoms with E-state index in [4.69, 9.17) is 23.2 Å². The van der Waals surface area contributed by atoms with Crippen molar-refractivity contribution in [3.05, 3.63) is 64.1 Å². The lowest BCUT2D eigenvalue weighted by Crippen LogP contribution is -2.28. The third-order valence-corrected chi connectivity index (χ3v) is 6.29. The quantitative estimate of drug-likeness (QED) is 0.751. The Bertz CT molecular complexity index is 763. The maximum absolute atomic E-state index is 12.5. The van der Waals surface area contributed by atoms with E-state index in [1.165, 1.54) is 12.1 Å². The molecule has 0 amide bonds. The molecule has 0 aliphatic heterocycles. The molecule has 23 heavy (non-hydrogen) atoms. The number of hydrogen-bond donors (Lipinski definition) is 0. The summed E-state index contributed by atoms with van der Waals surface area (Å²) in [6, 6.07) is 14.6. The zero-order valence-corrected chi connectivity index (χ0v) is 15.4. The van der Waals surface area contributed by atoms with Gasteiger partial charge in [0.15, 0.2) is 9.84 Å². The third-order valence-electron chi connectivity index (χ3n) is 3.88. The van der Waals surface area contributed by atoms with Gasteiger partial charge in [-0.25, -0.2) is 8.42 Å². The average Bonchev–Trinajstić information content (AvgIpc) is 2.55. The largest absolute Gasteiger partial charge is 0.299 e. The summed E-state index contributed by atoms with van der Waals surface area (Å²) in [4.78, 5) is 2.10. The van der Waals surface area contributed by atoms with Gasteiger partial charge in [-0.1, -0.05) is 53.5 Å². The Morgan fingerprint density at radius 2 is 1.74 bits per heavy atom. The van der Waals surface area contributed by atoms with Gasteiger partial charge in [0.2, 0.25) is 0 Å². The highest BCUT2D eigenvalue weighted by atomic mass is 35.5. The molecule has 6 heteroatoms. The van der Waals surface area contributed by atoms with Crippen LogP contribution in [0, 0.1) is 0 Å². The second-order valence-electron chi connectivity index (χ2n) is 5.46. The Morgan fingerprint density at radius 1 is 1.09 bits per heavy atom. The van der Waals surface area contributed by atoms with Crippen LogP contribution in [0.15, 0.2) is 53.4 Å². The van der Waals surface area contributed by atoms with Crippen molar-refractivity contribution in [3.8, 4) is 0 Å². The standard InChI is InChI=1S/C17H19Cl2NO2S/c1-13(14-6-4-3-5-7-14)20(2)10-11-23(21,22)17-12-15(18)8-9-16(17)19/h3-9,12-13H,10-11H2,1-2H3. The molecule has 0 saturated carbocycles. The minimum atomic E-state index is -3.48. The van der Waals surface area contributed by atoms with Crippen molar-refractivity contribution in [2.24, 2.45) is 0 Å². The number of sulfone groups is 1. The van der Waals surface area contributed by atoms with Crippen molar-refractivity contribution >= 4 is 33.0 Å². The van der Waals surface area contributed by atoms with E-state index >= 15 is 0 Å². The van der Waals surface area contributed by atoms with Crippen molar-refractivity contribution in [1.82, 2.24) is 4.90 Å². The first-order valence-corrected chi connectivity index (χ1v) is 9.65. The summed E-state index contributed by atoms with van der Waals surface area (Å²) in [6.45, 7) is 2.45. The molecule has 1 atom stereocenters. The summed E-state index contributed by atoms with van der Waals surface area (Å²) in [6.07, 6.45) is 0. The fourth-order valence-electron chi connectivity index (χ4n) is 2.27. The Labute approximate surface area is 147 Å². The number of benzene rings is 2. The van der Waals surface area contributed by atoms with Gasteiger partial charge in [0.1, 0.15) is 0 Å². The maximum atomic E-state index is 12.5. The van der Waals surface area contributed by atoms with Gasteiger partial charge < -0.3 is 0 Å². The maximum Gasteiger partial charge on any atom is 0.181 e. The first-order chi connectivity index (χ1) is 10.8. The van der Waals surface area contributed by atoms with Crippen LogP contribution in [-0.4, -0.2) is 32.7 Å². The van der Waals surface area contributed by atoms with Crippen molar-refractivity contribution in [1.29, 1.82) is 0 Å². The molecule has 2 rings (SSSR count). The van der Waals surface area contributed by atoms with Gasteiger partial charge in [0.25, 0.3) is 0 Å².